The molecule has 2 N–H and O–H groups in total. The van der Waals surface area contributed by atoms with E-state index >= 15 is 0 Å². The number of esters is 1. The Hall–Kier alpha value is -3.29. The molecule has 0 aliphatic rings. The number of aromatic nitrogens is 2. The molecule has 0 aromatic carbocycles. The van der Waals surface area contributed by atoms with Gasteiger partial charge in [0.15, 0.2) is 5.69 Å². The molecule has 154 valence electrons. The van der Waals surface area contributed by atoms with Gasteiger partial charge in [-0.2, -0.15) is 0 Å². The molecule has 0 fully saturated rings. The summed E-state index contributed by atoms with van der Waals surface area (Å²) >= 11 is 0. The van der Waals surface area contributed by atoms with Crippen LogP contribution in [0.25, 0.3) is 11.0 Å². The molecule has 8 nitrogen and oxygen atoms in total. The fraction of sp³-hybridized carbons (Fsp3) is 0.381. The Kier molecular flexibility index (Phi) is 5.91. The van der Waals surface area contributed by atoms with Crippen LogP contribution in [0.5, 0.6) is 0 Å². The van der Waals surface area contributed by atoms with Crippen LogP contribution in [0.1, 0.15) is 48.5 Å². The Morgan fingerprint density at radius 3 is 2.62 bits per heavy atom. The Morgan fingerprint density at radius 2 is 2.03 bits per heavy atom. The summed E-state index contributed by atoms with van der Waals surface area (Å²) in [5, 5.41) is 6.82. The molecule has 0 saturated carbocycles. The molecule has 0 spiro atoms. The van der Waals surface area contributed by atoms with E-state index in [2.05, 4.69) is 15.6 Å². The largest absolute Gasteiger partial charge is 0.472 e. The van der Waals surface area contributed by atoms with E-state index in [4.69, 9.17) is 9.15 Å². The van der Waals surface area contributed by atoms with E-state index in [1.807, 2.05) is 33.8 Å². The number of nitrogens with zero attached hydrogens (tertiary/aromatic N) is 2. The van der Waals surface area contributed by atoms with Crippen LogP contribution in [0.3, 0.4) is 0 Å². The molecular formula is C21H26N4O4. The van der Waals surface area contributed by atoms with Crippen LogP contribution in [0.15, 0.2) is 35.3 Å². The molecule has 0 unspecified atom stereocenters. The van der Waals surface area contributed by atoms with Gasteiger partial charge in [0.05, 0.1) is 36.5 Å². The number of nitrogens with one attached hydrogen (secondary N) is 2. The quantitative estimate of drug-likeness (QED) is 0.580. The molecule has 3 aromatic heterocycles. The number of fused-ring (bicyclic) bond motifs is 1. The van der Waals surface area contributed by atoms with E-state index in [-0.39, 0.29) is 23.6 Å². The van der Waals surface area contributed by atoms with Crippen LogP contribution in [0, 0.1) is 5.92 Å². The number of hydrogen-bond acceptors (Lipinski definition) is 6. The first-order chi connectivity index (χ1) is 13.8. The number of pyridine rings is 1. The zero-order chi connectivity index (χ0) is 21.1. The number of carbonyl (C=O) groups is 2. The Morgan fingerprint density at radius 1 is 1.28 bits per heavy atom. The Bertz CT molecular complexity index is 1020. The summed E-state index contributed by atoms with van der Waals surface area (Å²) in [5.74, 6) is -0.666. The number of amides is 1. The molecule has 0 aliphatic carbocycles. The van der Waals surface area contributed by atoms with Crippen molar-refractivity contribution in [2.24, 2.45) is 5.92 Å². The average molecular weight is 398 g/mol. The van der Waals surface area contributed by atoms with Crippen LogP contribution in [-0.4, -0.2) is 34.6 Å². The van der Waals surface area contributed by atoms with Gasteiger partial charge in [-0.05, 0) is 31.9 Å². The third-order valence-electron chi connectivity index (χ3n) is 4.30. The van der Waals surface area contributed by atoms with Crippen LogP contribution in [0.4, 0.5) is 11.4 Å². The molecule has 0 saturated heterocycles. The van der Waals surface area contributed by atoms with Crippen molar-refractivity contribution in [1.29, 1.82) is 0 Å². The third kappa shape index (κ3) is 4.26. The fourth-order valence-electron chi connectivity index (χ4n) is 3.20. The third-order valence-corrected chi connectivity index (χ3v) is 4.30. The van der Waals surface area contributed by atoms with Crippen molar-refractivity contribution in [3.05, 3.63) is 42.1 Å². The average Bonchev–Trinajstić information content (AvgIpc) is 3.28. The summed E-state index contributed by atoms with van der Waals surface area (Å²) < 4.78 is 11.8. The van der Waals surface area contributed by atoms with Gasteiger partial charge >= 0.3 is 5.97 Å². The second kappa shape index (κ2) is 8.38. The van der Waals surface area contributed by atoms with Gasteiger partial charge in [0.2, 0.25) is 0 Å². The first-order valence-electron chi connectivity index (χ1n) is 9.52. The van der Waals surface area contributed by atoms with Crippen molar-refractivity contribution in [3.8, 4) is 0 Å². The van der Waals surface area contributed by atoms with Gasteiger partial charge in [-0.25, -0.2) is 9.78 Å². The van der Waals surface area contributed by atoms with Crippen molar-refractivity contribution in [1.82, 2.24) is 9.55 Å². The molecule has 0 atom stereocenters. The van der Waals surface area contributed by atoms with Crippen molar-refractivity contribution >= 4 is 34.3 Å². The number of hydrogen-bond donors (Lipinski definition) is 2. The Balaban J connectivity index is 2.22. The molecule has 1 amide bonds. The van der Waals surface area contributed by atoms with Crippen LogP contribution >= 0.6 is 0 Å². The van der Waals surface area contributed by atoms with E-state index in [0.29, 0.717) is 28.8 Å². The molecule has 0 bridgehead atoms. The lowest BCUT2D eigenvalue weighted by Gasteiger charge is -2.12. The normalized spacial score (nSPS) is 11.3. The molecule has 3 aromatic rings. The van der Waals surface area contributed by atoms with Gasteiger partial charge in [0, 0.05) is 18.0 Å². The number of furan rings is 1. The predicted molar refractivity (Wildman–Crippen MR) is 111 cm³/mol. The predicted octanol–water partition coefficient (Wildman–Crippen LogP) is 4.14. The summed E-state index contributed by atoms with van der Waals surface area (Å²) in [6, 6.07) is 3.65. The summed E-state index contributed by atoms with van der Waals surface area (Å²) in [4.78, 5) is 30.0. The summed E-state index contributed by atoms with van der Waals surface area (Å²) in [7, 11) is 1.32. The lowest BCUT2D eigenvalue weighted by Crippen LogP contribution is -2.18. The summed E-state index contributed by atoms with van der Waals surface area (Å²) in [6.45, 7) is 8.69. The Labute approximate surface area is 169 Å². The van der Waals surface area contributed by atoms with Gasteiger partial charge in [0.25, 0.3) is 5.91 Å². The first kappa shape index (κ1) is 20.4. The molecule has 29 heavy (non-hydrogen) atoms. The van der Waals surface area contributed by atoms with E-state index in [1.165, 1.54) is 19.6 Å². The zero-order valence-electron chi connectivity index (χ0n) is 17.3. The van der Waals surface area contributed by atoms with E-state index < -0.39 is 5.97 Å². The number of methoxy groups -OCH3 is 1. The van der Waals surface area contributed by atoms with Crippen LogP contribution in [0.2, 0.25) is 0 Å². The number of anilines is 2. The minimum Gasteiger partial charge on any atom is -0.472 e. The minimum absolute atomic E-state index is 0.205. The van der Waals surface area contributed by atoms with Gasteiger partial charge in [-0.3, -0.25) is 4.79 Å². The molecule has 3 rings (SSSR count). The van der Waals surface area contributed by atoms with Gasteiger partial charge < -0.3 is 24.4 Å². The summed E-state index contributed by atoms with van der Waals surface area (Å²) in [5.41, 5.74) is 2.40. The van der Waals surface area contributed by atoms with Gasteiger partial charge in [-0.1, -0.05) is 13.8 Å². The van der Waals surface area contributed by atoms with Crippen LogP contribution in [-0.2, 0) is 11.3 Å². The van der Waals surface area contributed by atoms with Gasteiger partial charge in [-0.15, -0.1) is 0 Å². The minimum atomic E-state index is -0.537. The number of rotatable bonds is 7. The first-order valence-corrected chi connectivity index (χ1v) is 9.52. The molecular weight excluding hydrogens is 372 g/mol. The van der Waals surface area contributed by atoms with Crippen molar-refractivity contribution in [2.45, 2.75) is 40.3 Å². The number of ether oxygens (including phenoxy) is 1. The van der Waals surface area contributed by atoms with E-state index in [0.717, 1.165) is 5.69 Å². The smallest absolute Gasteiger partial charge is 0.356 e. The highest BCUT2D eigenvalue weighted by Gasteiger charge is 2.27. The standard InChI is InChI=1S/C21H26N4O4/c1-12(2)10-25-18(21(27)28-5)17(24-20(26)14-6-7-29-11-14)16-8-15(23-13(3)4)9-22-19(16)25/h6-9,11-13,23H,10H2,1-5H3,(H,24,26). The highest BCUT2D eigenvalue weighted by atomic mass is 16.5. The monoisotopic (exact) mass is 398 g/mol. The van der Waals surface area contributed by atoms with E-state index in [1.54, 1.807) is 16.8 Å². The maximum absolute atomic E-state index is 12.7. The zero-order valence-corrected chi connectivity index (χ0v) is 17.3. The summed E-state index contributed by atoms with van der Waals surface area (Å²) in [6.07, 6.45) is 4.50. The lowest BCUT2D eigenvalue weighted by atomic mass is 10.2. The van der Waals surface area contributed by atoms with E-state index in [9.17, 15) is 9.59 Å². The highest BCUT2D eigenvalue weighted by Crippen LogP contribution is 2.33. The van der Waals surface area contributed by atoms with Gasteiger partial charge in [0.1, 0.15) is 11.9 Å². The molecule has 0 aliphatic heterocycles. The topological polar surface area (TPSA) is 98.4 Å². The molecule has 8 heteroatoms. The number of carbonyl (C=O) groups excluding carboxylic acids is 2. The SMILES string of the molecule is COC(=O)c1c(NC(=O)c2ccoc2)c2cc(NC(C)C)cnc2n1CC(C)C. The second-order valence-corrected chi connectivity index (χ2v) is 7.58. The maximum atomic E-state index is 12.7. The lowest BCUT2D eigenvalue weighted by molar-refractivity contribution is 0.0589. The highest BCUT2D eigenvalue weighted by molar-refractivity contribution is 6.14. The van der Waals surface area contributed by atoms with Crippen LogP contribution < -0.4 is 10.6 Å². The molecule has 3 heterocycles. The maximum Gasteiger partial charge on any atom is 0.356 e. The second-order valence-electron chi connectivity index (χ2n) is 7.58. The fourth-order valence-corrected chi connectivity index (χ4v) is 3.20. The van der Waals surface area contributed by atoms with Crippen molar-refractivity contribution in [2.75, 3.05) is 17.7 Å². The van der Waals surface area contributed by atoms with Crippen molar-refractivity contribution < 1.29 is 18.7 Å². The molecule has 0 radical (unpaired) electrons. The van der Waals surface area contributed by atoms with Crippen molar-refractivity contribution in [3.63, 3.8) is 0 Å².